The Balaban J connectivity index is 3.40. The highest BCUT2D eigenvalue weighted by molar-refractivity contribution is 14.1. The fraction of sp³-hybridized carbons (Fsp3) is 0.143. The van der Waals surface area contributed by atoms with Crippen molar-refractivity contribution in [2.45, 2.75) is 6.18 Å². The molecule has 0 aliphatic rings. The van der Waals surface area contributed by atoms with Crippen LogP contribution in [0.2, 0.25) is 0 Å². The van der Waals surface area contributed by atoms with E-state index in [1.54, 1.807) is 22.6 Å². The molecule has 0 unspecified atom stereocenters. The van der Waals surface area contributed by atoms with Crippen molar-refractivity contribution in [3.63, 3.8) is 0 Å². The summed E-state index contributed by atoms with van der Waals surface area (Å²) in [5.74, 6) is 0. The molecule has 0 saturated carbocycles. The third-order valence-electron chi connectivity index (χ3n) is 1.32. The predicted octanol–water partition coefficient (Wildman–Crippen LogP) is 2.58. The van der Waals surface area contributed by atoms with Gasteiger partial charge in [-0.1, -0.05) is 0 Å². The minimum Gasteiger partial charge on any atom is -0.263 e. The van der Waals surface area contributed by atoms with Gasteiger partial charge in [0.05, 0.1) is 11.1 Å². The zero-order valence-corrected chi connectivity index (χ0v) is 8.22. The Bertz CT molecular complexity index is 367. The summed E-state index contributed by atoms with van der Waals surface area (Å²) in [5.41, 5.74) is -1.36. The zero-order valence-electron chi connectivity index (χ0n) is 6.06. The molecule has 1 aromatic heterocycles. The molecule has 0 spiro atoms. The molecule has 2 nitrogen and oxygen atoms in total. The number of nitriles is 1. The molecule has 6 heteroatoms. The first-order valence-corrected chi connectivity index (χ1v) is 4.15. The molecule has 68 valence electrons. The fourth-order valence-electron chi connectivity index (χ4n) is 0.764. The van der Waals surface area contributed by atoms with E-state index < -0.39 is 11.7 Å². The summed E-state index contributed by atoms with van der Waals surface area (Å²) in [6, 6.07) is 1.50. The molecule has 0 bridgehead atoms. The van der Waals surface area contributed by atoms with Crippen LogP contribution < -0.4 is 0 Å². The molecule has 0 aliphatic carbocycles. The average molecular weight is 298 g/mol. The monoisotopic (exact) mass is 298 g/mol. The lowest BCUT2D eigenvalue weighted by molar-refractivity contribution is -0.138. The maximum atomic E-state index is 12.2. The quantitative estimate of drug-likeness (QED) is 0.690. The molecule has 13 heavy (non-hydrogen) atoms. The zero-order chi connectivity index (χ0) is 10.1. The van der Waals surface area contributed by atoms with E-state index in [4.69, 9.17) is 5.26 Å². The summed E-state index contributed by atoms with van der Waals surface area (Å²) in [6.07, 6.45) is -2.64. The van der Waals surface area contributed by atoms with Gasteiger partial charge in [-0.05, 0) is 22.6 Å². The van der Waals surface area contributed by atoms with Gasteiger partial charge in [-0.25, -0.2) is 0 Å². The summed E-state index contributed by atoms with van der Waals surface area (Å²) >= 11 is 1.64. The van der Waals surface area contributed by atoms with Crippen LogP contribution >= 0.6 is 22.6 Å². The van der Waals surface area contributed by atoms with Gasteiger partial charge in [0.2, 0.25) is 0 Å². The number of aromatic nitrogens is 1. The Kier molecular flexibility index (Phi) is 2.75. The van der Waals surface area contributed by atoms with Gasteiger partial charge in [-0.3, -0.25) is 4.98 Å². The molecule has 0 atom stereocenters. The van der Waals surface area contributed by atoms with Crippen LogP contribution in [0.1, 0.15) is 11.1 Å². The highest BCUT2D eigenvalue weighted by atomic mass is 127. The van der Waals surface area contributed by atoms with Gasteiger partial charge in [-0.2, -0.15) is 18.4 Å². The molecule has 0 N–H and O–H groups in total. The molecule has 0 radical (unpaired) electrons. The Morgan fingerprint density at radius 1 is 1.38 bits per heavy atom. The predicted molar refractivity (Wildman–Crippen MR) is 46.7 cm³/mol. The minimum atomic E-state index is -4.51. The molecule has 0 saturated heterocycles. The van der Waals surface area contributed by atoms with Crippen molar-refractivity contribution in [3.05, 3.63) is 27.1 Å². The van der Waals surface area contributed by atoms with Crippen molar-refractivity contribution < 1.29 is 13.2 Å². The number of halogens is 4. The van der Waals surface area contributed by atoms with E-state index in [0.717, 1.165) is 0 Å². The Morgan fingerprint density at radius 2 is 2.00 bits per heavy atom. The van der Waals surface area contributed by atoms with Crippen LogP contribution in [-0.4, -0.2) is 4.98 Å². The van der Waals surface area contributed by atoms with Crippen LogP contribution in [-0.2, 0) is 6.18 Å². The summed E-state index contributed by atoms with van der Waals surface area (Å²) in [5, 5.41) is 8.48. The van der Waals surface area contributed by atoms with Crippen LogP contribution in [0.4, 0.5) is 13.2 Å². The molecule has 1 aromatic rings. The number of hydrogen-bond acceptors (Lipinski definition) is 2. The number of pyridine rings is 1. The third kappa shape index (κ3) is 2.09. The fourth-order valence-corrected chi connectivity index (χ4v) is 1.34. The van der Waals surface area contributed by atoms with Gasteiger partial charge in [0.15, 0.2) is 0 Å². The first kappa shape index (κ1) is 10.2. The minimum absolute atomic E-state index is 0.204. The normalized spacial score (nSPS) is 11.0. The van der Waals surface area contributed by atoms with E-state index in [1.165, 1.54) is 12.3 Å². The van der Waals surface area contributed by atoms with Crippen molar-refractivity contribution in [1.82, 2.24) is 4.98 Å². The molecule has 0 amide bonds. The third-order valence-corrected chi connectivity index (χ3v) is 2.13. The van der Waals surface area contributed by atoms with Gasteiger partial charge >= 0.3 is 6.18 Å². The highest BCUT2D eigenvalue weighted by Gasteiger charge is 2.34. The van der Waals surface area contributed by atoms with Gasteiger partial charge < -0.3 is 0 Å². The van der Waals surface area contributed by atoms with Gasteiger partial charge in [0.25, 0.3) is 0 Å². The van der Waals surface area contributed by atoms with E-state index >= 15 is 0 Å². The van der Waals surface area contributed by atoms with E-state index in [2.05, 4.69) is 4.98 Å². The molecule has 0 aromatic carbocycles. The van der Waals surface area contributed by atoms with Crippen LogP contribution in [0.15, 0.2) is 12.4 Å². The topological polar surface area (TPSA) is 36.7 Å². The number of nitrogens with zero attached hydrogens (tertiary/aromatic N) is 2. The molecule has 1 heterocycles. The van der Waals surface area contributed by atoms with Crippen LogP contribution in [0.5, 0.6) is 0 Å². The number of rotatable bonds is 0. The van der Waals surface area contributed by atoms with E-state index in [-0.39, 0.29) is 9.13 Å². The van der Waals surface area contributed by atoms with E-state index in [1.807, 2.05) is 0 Å². The summed E-state index contributed by atoms with van der Waals surface area (Å²) in [4.78, 5) is 3.38. The highest BCUT2D eigenvalue weighted by Crippen LogP contribution is 2.32. The van der Waals surface area contributed by atoms with Gasteiger partial charge in [0.1, 0.15) is 6.07 Å². The van der Waals surface area contributed by atoms with Crippen LogP contribution in [0.25, 0.3) is 0 Å². The van der Waals surface area contributed by atoms with Crippen molar-refractivity contribution in [2.75, 3.05) is 0 Å². The van der Waals surface area contributed by atoms with Crippen molar-refractivity contribution in [1.29, 1.82) is 5.26 Å². The van der Waals surface area contributed by atoms with Crippen LogP contribution in [0.3, 0.4) is 0 Å². The molecule has 0 fully saturated rings. The maximum absolute atomic E-state index is 12.2. The largest absolute Gasteiger partial charge is 0.419 e. The second-order valence-electron chi connectivity index (χ2n) is 2.15. The Morgan fingerprint density at radius 3 is 2.38 bits per heavy atom. The molecule has 0 aliphatic heterocycles. The van der Waals surface area contributed by atoms with Gasteiger partial charge in [0, 0.05) is 16.0 Å². The summed E-state index contributed by atoms with van der Waals surface area (Å²) < 4.78 is 36.9. The van der Waals surface area contributed by atoms with E-state index in [9.17, 15) is 13.2 Å². The van der Waals surface area contributed by atoms with Crippen molar-refractivity contribution in [2.24, 2.45) is 0 Å². The van der Waals surface area contributed by atoms with E-state index in [0.29, 0.717) is 6.20 Å². The van der Waals surface area contributed by atoms with Crippen LogP contribution in [0, 0.1) is 14.9 Å². The van der Waals surface area contributed by atoms with Gasteiger partial charge in [-0.15, -0.1) is 0 Å². The summed E-state index contributed by atoms with van der Waals surface area (Å²) in [6.45, 7) is 0. The molecular formula is C7H2F3IN2. The lowest BCUT2D eigenvalue weighted by Gasteiger charge is -2.07. The van der Waals surface area contributed by atoms with Crippen molar-refractivity contribution >= 4 is 22.6 Å². The standard InChI is InChI=1S/C7H2F3IN2/c8-7(9,10)5-2-13-3-6(11)4(5)1-12/h2-3H. The lowest BCUT2D eigenvalue weighted by Crippen LogP contribution is -2.09. The average Bonchev–Trinajstić information content (AvgIpc) is 2.02. The second kappa shape index (κ2) is 3.49. The Labute approximate surface area is 85.5 Å². The SMILES string of the molecule is N#Cc1c(I)cncc1C(F)(F)F. The summed E-state index contributed by atoms with van der Waals surface area (Å²) in [7, 11) is 0. The first-order chi connectivity index (χ1) is 5.96. The lowest BCUT2D eigenvalue weighted by atomic mass is 10.1. The van der Waals surface area contributed by atoms with Crippen molar-refractivity contribution in [3.8, 4) is 6.07 Å². The Hall–Kier alpha value is -0.840. The molecular weight excluding hydrogens is 296 g/mol. The maximum Gasteiger partial charge on any atom is 0.419 e. The number of hydrogen-bond donors (Lipinski definition) is 0. The number of alkyl halides is 3. The molecule has 1 rings (SSSR count). The smallest absolute Gasteiger partial charge is 0.263 e. The second-order valence-corrected chi connectivity index (χ2v) is 3.32. The first-order valence-electron chi connectivity index (χ1n) is 3.07.